The molecule has 2 aromatic rings. The van der Waals surface area contributed by atoms with Crippen LogP contribution in [-0.4, -0.2) is 53.2 Å². The second-order valence-corrected chi connectivity index (χ2v) is 9.25. The van der Waals surface area contributed by atoms with Gasteiger partial charge in [0, 0.05) is 18.5 Å². The van der Waals surface area contributed by atoms with Crippen molar-refractivity contribution in [1.29, 1.82) is 0 Å². The van der Waals surface area contributed by atoms with Crippen LogP contribution in [0, 0.1) is 5.92 Å². The van der Waals surface area contributed by atoms with Gasteiger partial charge >= 0.3 is 12.1 Å². The lowest BCUT2D eigenvalue weighted by atomic mass is 9.91. The number of nitrogens with zero attached hydrogens (tertiary/aromatic N) is 1. The number of carboxylic acids is 1. The summed E-state index contributed by atoms with van der Waals surface area (Å²) in [5.74, 6) is -1.47. The van der Waals surface area contributed by atoms with Crippen molar-refractivity contribution in [3.8, 4) is 11.1 Å². The summed E-state index contributed by atoms with van der Waals surface area (Å²) in [6, 6.07) is 15.4. The van der Waals surface area contributed by atoms with Crippen LogP contribution in [0.5, 0.6) is 0 Å². The highest BCUT2D eigenvalue weighted by molar-refractivity contribution is 5.86. The molecule has 0 radical (unpaired) electrons. The Morgan fingerprint density at radius 2 is 1.71 bits per heavy atom. The molecule has 3 atom stereocenters. The highest BCUT2D eigenvalue weighted by Gasteiger charge is 2.36. The van der Waals surface area contributed by atoms with Gasteiger partial charge in [0.25, 0.3) is 0 Å². The predicted octanol–water partition coefficient (Wildman–Crippen LogP) is 4.41. The third kappa shape index (κ3) is 4.79. The maximum atomic E-state index is 13.2. The minimum atomic E-state index is -0.819. The Kier molecular flexibility index (Phi) is 7.20. The number of carbonyl (C=O) groups is 3. The van der Waals surface area contributed by atoms with Gasteiger partial charge in [-0.15, -0.1) is 0 Å². The maximum Gasteiger partial charge on any atom is 0.407 e. The third-order valence-corrected chi connectivity index (χ3v) is 7.02. The number of aliphatic carboxylic acids is 1. The van der Waals surface area contributed by atoms with Crippen molar-refractivity contribution in [3.05, 3.63) is 59.7 Å². The number of piperidine rings is 1. The lowest BCUT2D eigenvalue weighted by Gasteiger charge is -2.38. The van der Waals surface area contributed by atoms with Crippen molar-refractivity contribution in [2.75, 3.05) is 13.2 Å². The average molecular weight is 465 g/mol. The summed E-state index contributed by atoms with van der Waals surface area (Å²) in [4.78, 5) is 39.0. The van der Waals surface area contributed by atoms with Crippen LogP contribution in [0.3, 0.4) is 0 Å². The molecule has 0 saturated carbocycles. The molecular formula is C27H32N2O5. The number of benzene rings is 2. The number of amides is 2. The predicted molar refractivity (Wildman–Crippen MR) is 128 cm³/mol. The number of carbonyl (C=O) groups excluding carboxylic acids is 2. The number of likely N-dealkylation sites (tertiary alicyclic amines) is 1. The van der Waals surface area contributed by atoms with Crippen LogP contribution >= 0.6 is 0 Å². The van der Waals surface area contributed by atoms with E-state index in [2.05, 4.69) is 29.6 Å². The van der Waals surface area contributed by atoms with Crippen molar-refractivity contribution >= 4 is 18.0 Å². The topological polar surface area (TPSA) is 95.9 Å². The van der Waals surface area contributed by atoms with E-state index in [1.165, 1.54) is 0 Å². The van der Waals surface area contributed by atoms with Gasteiger partial charge < -0.3 is 20.1 Å². The van der Waals surface area contributed by atoms with Crippen LogP contribution in [0.1, 0.15) is 56.6 Å². The fourth-order valence-corrected chi connectivity index (χ4v) is 5.25. The zero-order valence-electron chi connectivity index (χ0n) is 19.7. The molecule has 2 aromatic carbocycles. The normalized spacial score (nSPS) is 20.2. The molecule has 0 aromatic heterocycles. The van der Waals surface area contributed by atoms with E-state index in [0.717, 1.165) is 28.7 Å². The molecule has 4 rings (SSSR count). The van der Waals surface area contributed by atoms with Crippen LogP contribution in [-0.2, 0) is 14.3 Å². The Labute approximate surface area is 200 Å². The minimum absolute atomic E-state index is 0.0476. The van der Waals surface area contributed by atoms with E-state index in [1.807, 2.05) is 38.1 Å². The lowest BCUT2D eigenvalue weighted by molar-refractivity contribution is -0.148. The fourth-order valence-electron chi connectivity index (χ4n) is 5.25. The average Bonchev–Trinajstić information content (AvgIpc) is 3.15. The SMILES string of the molecule is CCC[C@@H](NC(=O)OCC1c2ccccc2-c2ccccc21)C(=O)N1CC[C@H](C(=O)O)C[C@@H]1C. The van der Waals surface area contributed by atoms with Gasteiger partial charge in [0.05, 0.1) is 5.92 Å². The highest BCUT2D eigenvalue weighted by Crippen LogP contribution is 2.44. The molecule has 180 valence electrons. The summed E-state index contributed by atoms with van der Waals surface area (Å²) in [6.07, 6.45) is 1.45. The quantitative estimate of drug-likeness (QED) is 0.633. The van der Waals surface area contributed by atoms with Gasteiger partial charge in [-0.1, -0.05) is 61.9 Å². The number of hydrogen-bond acceptors (Lipinski definition) is 4. The second-order valence-electron chi connectivity index (χ2n) is 9.25. The van der Waals surface area contributed by atoms with E-state index in [9.17, 15) is 19.5 Å². The molecule has 2 amide bonds. The van der Waals surface area contributed by atoms with Gasteiger partial charge in [-0.25, -0.2) is 4.79 Å². The molecule has 1 heterocycles. The van der Waals surface area contributed by atoms with Crippen LogP contribution in [0.2, 0.25) is 0 Å². The lowest BCUT2D eigenvalue weighted by Crippen LogP contribution is -2.54. The molecule has 2 aliphatic rings. The number of alkyl carbamates (subject to hydrolysis) is 1. The van der Waals surface area contributed by atoms with Crippen LogP contribution in [0.25, 0.3) is 11.1 Å². The Morgan fingerprint density at radius 1 is 1.09 bits per heavy atom. The first kappa shape index (κ1) is 23.8. The Balaban J connectivity index is 1.39. The molecule has 1 aliphatic carbocycles. The van der Waals surface area contributed by atoms with Gasteiger partial charge in [-0.2, -0.15) is 0 Å². The third-order valence-electron chi connectivity index (χ3n) is 7.02. The first-order valence-electron chi connectivity index (χ1n) is 12.1. The van der Waals surface area contributed by atoms with Gasteiger partial charge in [0.1, 0.15) is 12.6 Å². The molecule has 0 bridgehead atoms. The monoisotopic (exact) mass is 464 g/mol. The summed E-state index contributed by atoms with van der Waals surface area (Å²) in [5, 5.41) is 12.1. The first-order valence-corrected chi connectivity index (χ1v) is 12.1. The van der Waals surface area contributed by atoms with Crippen molar-refractivity contribution < 1.29 is 24.2 Å². The number of hydrogen-bond donors (Lipinski definition) is 2. The first-order chi connectivity index (χ1) is 16.4. The Morgan fingerprint density at radius 3 is 2.26 bits per heavy atom. The smallest absolute Gasteiger partial charge is 0.407 e. The molecule has 1 fully saturated rings. The summed E-state index contributed by atoms with van der Waals surface area (Å²) in [5.41, 5.74) is 4.58. The summed E-state index contributed by atoms with van der Waals surface area (Å²) in [7, 11) is 0. The molecule has 1 saturated heterocycles. The number of nitrogens with one attached hydrogen (secondary N) is 1. The number of fused-ring (bicyclic) bond motifs is 3. The molecule has 7 nitrogen and oxygen atoms in total. The molecule has 34 heavy (non-hydrogen) atoms. The van der Waals surface area contributed by atoms with Crippen molar-refractivity contribution in [2.24, 2.45) is 5.92 Å². The largest absolute Gasteiger partial charge is 0.481 e. The van der Waals surface area contributed by atoms with Crippen molar-refractivity contribution in [1.82, 2.24) is 10.2 Å². The molecule has 0 unspecified atom stereocenters. The highest BCUT2D eigenvalue weighted by atomic mass is 16.5. The molecule has 0 spiro atoms. The minimum Gasteiger partial charge on any atom is -0.481 e. The van der Waals surface area contributed by atoms with Gasteiger partial charge in [-0.3, -0.25) is 9.59 Å². The van der Waals surface area contributed by atoms with E-state index in [-0.39, 0.29) is 24.5 Å². The molecule has 7 heteroatoms. The van der Waals surface area contributed by atoms with Crippen LogP contribution in [0.15, 0.2) is 48.5 Å². The van der Waals surface area contributed by atoms with Gasteiger partial charge in [-0.05, 0) is 48.4 Å². The number of ether oxygens (including phenoxy) is 1. The number of carboxylic acid groups (broad SMARTS) is 1. The Bertz CT molecular complexity index is 1020. The standard InChI is InChI=1S/C27H32N2O5/c1-3-8-24(25(30)29-14-13-18(26(31)32)15-17(29)2)28-27(33)34-16-23-21-11-6-4-9-19(21)20-10-5-7-12-22(20)23/h4-7,9-12,17-18,23-24H,3,8,13-16H2,1-2H3,(H,28,33)(H,31,32)/t17-,18-,24+/m0/s1. The van der Waals surface area contributed by atoms with Crippen LogP contribution < -0.4 is 5.32 Å². The van der Waals surface area contributed by atoms with Crippen LogP contribution in [0.4, 0.5) is 4.79 Å². The summed E-state index contributed by atoms with van der Waals surface area (Å²) < 4.78 is 5.63. The Hall–Kier alpha value is -3.35. The summed E-state index contributed by atoms with van der Waals surface area (Å²) in [6.45, 7) is 4.39. The zero-order chi connectivity index (χ0) is 24.2. The van der Waals surface area contributed by atoms with Gasteiger partial charge in [0.15, 0.2) is 0 Å². The fraction of sp³-hybridized carbons (Fsp3) is 0.444. The van der Waals surface area contributed by atoms with Crippen molar-refractivity contribution in [3.63, 3.8) is 0 Å². The molecule has 1 aliphatic heterocycles. The molecule has 2 N–H and O–H groups in total. The molecular weight excluding hydrogens is 432 g/mol. The second kappa shape index (κ2) is 10.3. The zero-order valence-corrected chi connectivity index (χ0v) is 19.7. The number of rotatable bonds is 7. The van der Waals surface area contributed by atoms with Crippen molar-refractivity contribution in [2.45, 2.75) is 57.5 Å². The van der Waals surface area contributed by atoms with E-state index >= 15 is 0 Å². The van der Waals surface area contributed by atoms with Gasteiger partial charge in [0.2, 0.25) is 5.91 Å². The van der Waals surface area contributed by atoms with E-state index < -0.39 is 24.0 Å². The maximum absolute atomic E-state index is 13.2. The van der Waals surface area contributed by atoms with E-state index in [4.69, 9.17) is 4.74 Å². The summed E-state index contributed by atoms with van der Waals surface area (Å²) >= 11 is 0. The van der Waals surface area contributed by atoms with E-state index in [1.54, 1.807) is 4.90 Å². The van der Waals surface area contributed by atoms with E-state index in [0.29, 0.717) is 25.8 Å².